The van der Waals surface area contributed by atoms with Crippen LogP contribution in [0.25, 0.3) is 0 Å². The number of fused-ring (bicyclic) bond motifs is 1. The second-order valence-corrected chi connectivity index (χ2v) is 9.82. The molecule has 0 saturated heterocycles. The quantitative estimate of drug-likeness (QED) is 0.841. The van der Waals surface area contributed by atoms with Crippen molar-refractivity contribution in [2.24, 2.45) is 0 Å². The number of benzene rings is 2. The minimum atomic E-state index is -3.81. The first kappa shape index (κ1) is 18.6. The molecule has 0 saturated carbocycles. The van der Waals surface area contributed by atoms with Gasteiger partial charge < -0.3 is 9.64 Å². The molecule has 0 aliphatic carbocycles. The molecule has 5 rings (SSSR count). The number of carbonyl (C=O) groups is 1. The molecule has 2 aromatic rings. The number of ether oxygens (including phenoxy) is 1. The van der Waals surface area contributed by atoms with E-state index in [4.69, 9.17) is 4.74 Å². The highest BCUT2D eigenvalue weighted by Crippen LogP contribution is 2.37. The molecule has 2 atom stereocenters. The van der Waals surface area contributed by atoms with Gasteiger partial charge >= 0.3 is 0 Å². The minimum Gasteiger partial charge on any atom is -0.493 e. The summed E-state index contributed by atoms with van der Waals surface area (Å²) in [4.78, 5) is 15.4. The Morgan fingerprint density at radius 3 is 2.59 bits per heavy atom. The lowest BCUT2D eigenvalue weighted by Gasteiger charge is -2.37. The first-order valence-corrected chi connectivity index (χ1v) is 11.6. The minimum absolute atomic E-state index is 0.0541. The van der Waals surface area contributed by atoms with Crippen molar-refractivity contribution in [1.29, 1.82) is 0 Å². The molecule has 0 bridgehead atoms. The third kappa shape index (κ3) is 3.13. The molecule has 0 spiro atoms. The molecule has 3 aliphatic heterocycles. The van der Waals surface area contributed by atoms with Crippen LogP contribution in [0.5, 0.6) is 5.75 Å². The van der Waals surface area contributed by atoms with Gasteiger partial charge in [0, 0.05) is 12.5 Å². The van der Waals surface area contributed by atoms with Crippen LogP contribution in [-0.4, -0.2) is 33.0 Å². The molecule has 1 amide bonds. The molecule has 0 radical (unpaired) electrons. The molecular weight excluding hydrogens is 388 g/mol. The Balaban J connectivity index is 1.47. The number of anilines is 1. The van der Waals surface area contributed by atoms with E-state index in [1.165, 1.54) is 5.56 Å². The molecule has 0 aromatic heterocycles. The zero-order chi connectivity index (χ0) is 20.2. The van der Waals surface area contributed by atoms with E-state index in [-0.39, 0.29) is 16.8 Å². The third-order valence-corrected chi connectivity index (χ3v) is 7.69. The van der Waals surface area contributed by atoms with Crippen molar-refractivity contribution in [3.05, 3.63) is 53.1 Å². The van der Waals surface area contributed by atoms with Crippen molar-refractivity contribution in [2.45, 2.75) is 56.0 Å². The lowest BCUT2D eigenvalue weighted by molar-refractivity contribution is -0.120. The molecule has 29 heavy (non-hydrogen) atoms. The van der Waals surface area contributed by atoms with Crippen molar-refractivity contribution in [3.8, 4) is 5.75 Å². The van der Waals surface area contributed by atoms with Gasteiger partial charge in [0.25, 0.3) is 0 Å². The second kappa shape index (κ2) is 6.85. The highest BCUT2D eigenvalue weighted by atomic mass is 32.2. The summed E-state index contributed by atoms with van der Waals surface area (Å²) in [6.07, 6.45) is 3.65. The van der Waals surface area contributed by atoms with Gasteiger partial charge in [-0.3, -0.25) is 4.79 Å². The number of rotatable bonds is 3. The normalized spacial score (nSPS) is 23.2. The van der Waals surface area contributed by atoms with E-state index < -0.39 is 16.1 Å². The molecule has 152 valence electrons. The number of sulfonamides is 1. The number of amides is 1. The summed E-state index contributed by atoms with van der Waals surface area (Å²) in [7, 11) is -3.81. The van der Waals surface area contributed by atoms with Crippen LogP contribution in [0.2, 0.25) is 0 Å². The molecule has 2 unspecified atom stereocenters. The lowest BCUT2D eigenvalue weighted by Crippen LogP contribution is -2.52. The molecule has 2 aromatic carbocycles. The number of hydrogen-bond acceptors (Lipinski definition) is 4. The largest absolute Gasteiger partial charge is 0.493 e. The van der Waals surface area contributed by atoms with Gasteiger partial charge in [-0.2, -0.15) is 4.72 Å². The summed E-state index contributed by atoms with van der Waals surface area (Å²) < 4.78 is 34.3. The Bertz CT molecular complexity index is 1100. The van der Waals surface area contributed by atoms with Crippen molar-refractivity contribution in [1.82, 2.24) is 4.72 Å². The van der Waals surface area contributed by atoms with E-state index in [2.05, 4.69) is 16.9 Å². The molecular formula is C22H24N2O4S. The Hall–Kier alpha value is -2.38. The number of aryl methyl sites for hydroxylation is 2. The maximum atomic E-state index is 13.4. The SMILES string of the molecule is CC1CCc2cccc3c2N1C(=O)C(NS(=O)(=O)c1ccc2c(c1)CCO2)CC3. The standard InChI is InChI=1S/C22H24N2O4S/c1-14-5-6-15-3-2-4-16-7-9-19(22(25)24(14)21(15)16)23-29(26,27)18-8-10-20-17(13-18)11-12-28-20/h2-4,8,10,13-14,19,23H,5-7,9,11-12H2,1H3. The summed E-state index contributed by atoms with van der Waals surface area (Å²) in [5.41, 5.74) is 4.18. The summed E-state index contributed by atoms with van der Waals surface area (Å²) in [6.45, 7) is 2.61. The first-order valence-electron chi connectivity index (χ1n) is 10.2. The zero-order valence-electron chi connectivity index (χ0n) is 16.3. The average molecular weight is 413 g/mol. The van der Waals surface area contributed by atoms with Gasteiger partial charge in [-0.05, 0) is 67.5 Å². The summed E-state index contributed by atoms with van der Waals surface area (Å²) >= 11 is 0. The van der Waals surface area contributed by atoms with Crippen LogP contribution < -0.4 is 14.4 Å². The van der Waals surface area contributed by atoms with Crippen molar-refractivity contribution >= 4 is 21.6 Å². The molecule has 6 nitrogen and oxygen atoms in total. The summed E-state index contributed by atoms with van der Waals surface area (Å²) in [5, 5.41) is 0. The fourth-order valence-corrected chi connectivity index (χ4v) is 5.96. The van der Waals surface area contributed by atoms with Gasteiger partial charge in [0.2, 0.25) is 15.9 Å². The van der Waals surface area contributed by atoms with E-state index in [0.29, 0.717) is 25.9 Å². The third-order valence-electron chi connectivity index (χ3n) is 6.22. The van der Waals surface area contributed by atoms with Gasteiger partial charge in [-0.15, -0.1) is 0 Å². The predicted molar refractivity (Wildman–Crippen MR) is 110 cm³/mol. The van der Waals surface area contributed by atoms with Crippen LogP contribution in [-0.2, 0) is 34.1 Å². The van der Waals surface area contributed by atoms with Crippen LogP contribution >= 0.6 is 0 Å². The fraction of sp³-hybridized carbons (Fsp3) is 0.409. The Labute approximate surface area is 170 Å². The Morgan fingerprint density at radius 1 is 1.03 bits per heavy atom. The molecule has 7 heteroatoms. The first-order chi connectivity index (χ1) is 13.9. The number of hydrogen-bond donors (Lipinski definition) is 1. The highest BCUT2D eigenvalue weighted by molar-refractivity contribution is 7.89. The van der Waals surface area contributed by atoms with Crippen LogP contribution in [0.1, 0.15) is 36.5 Å². The van der Waals surface area contributed by atoms with E-state index in [0.717, 1.165) is 35.4 Å². The number of nitrogens with zero attached hydrogens (tertiary/aromatic N) is 1. The van der Waals surface area contributed by atoms with Crippen LogP contribution in [0.15, 0.2) is 41.3 Å². The second-order valence-electron chi connectivity index (χ2n) is 8.10. The number of para-hydroxylation sites is 1. The van der Waals surface area contributed by atoms with E-state index in [1.54, 1.807) is 18.2 Å². The Kier molecular flexibility index (Phi) is 4.40. The maximum Gasteiger partial charge on any atom is 0.245 e. The predicted octanol–water partition coefficient (Wildman–Crippen LogP) is 2.58. The fourth-order valence-electron chi connectivity index (χ4n) is 4.68. The maximum absolute atomic E-state index is 13.4. The number of nitrogens with one attached hydrogen (secondary N) is 1. The molecule has 0 fully saturated rings. The topological polar surface area (TPSA) is 75.7 Å². The van der Waals surface area contributed by atoms with Crippen LogP contribution in [0.4, 0.5) is 5.69 Å². The smallest absolute Gasteiger partial charge is 0.245 e. The summed E-state index contributed by atoms with van der Waals surface area (Å²) in [6, 6.07) is 10.3. The summed E-state index contributed by atoms with van der Waals surface area (Å²) in [5.74, 6) is 0.580. The van der Waals surface area contributed by atoms with Crippen molar-refractivity contribution in [3.63, 3.8) is 0 Å². The van der Waals surface area contributed by atoms with Gasteiger partial charge in [0.15, 0.2) is 0 Å². The molecule has 1 N–H and O–H groups in total. The van der Waals surface area contributed by atoms with Gasteiger partial charge in [0.05, 0.1) is 17.2 Å². The molecule has 3 heterocycles. The Morgan fingerprint density at radius 2 is 1.79 bits per heavy atom. The number of carbonyl (C=O) groups excluding carboxylic acids is 1. The molecule has 3 aliphatic rings. The van der Waals surface area contributed by atoms with Crippen molar-refractivity contribution in [2.75, 3.05) is 11.5 Å². The highest BCUT2D eigenvalue weighted by Gasteiger charge is 2.38. The van der Waals surface area contributed by atoms with Gasteiger partial charge in [0.1, 0.15) is 11.8 Å². The van der Waals surface area contributed by atoms with Crippen molar-refractivity contribution < 1.29 is 17.9 Å². The van der Waals surface area contributed by atoms with E-state index >= 15 is 0 Å². The zero-order valence-corrected chi connectivity index (χ0v) is 17.2. The monoisotopic (exact) mass is 412 g/mol. The average Bonchev–Trinajstić information content (AvgIpc) is 3.13. The van der Waals surface area contributed by atoms with E-state index in [1.807, 2.05) is 17.9 Å². The van der Waals surface area contributed by atoms with Gasteiger partial charge in [-0.25, -0.2) is 8.42 Å². The van der Waals surface area contributed by atoms with E-state index in [9.17, 15) is 13.2 Å². The lowest BCUT2D eigenvalue weighted by atomic mass is 9.93. The van der Waals surface area contributed by atoms with Crippen LogP contribution in [0.3, 0.4) is 0 Å². The van der Waals surface area contributed by atoms with Crippen LogP contribution in [0, 0.1) is 0 Å². The van der Waals surface area contributed by atoms with Gasteiger partial charge in [-0.1, -0.05) is 18.2 Å².